The van der Waals surface area contributed by atoms with E-state index < -0.39 is 0 Å². The Morgan fingerprint density at radius 3 is 1.93 bits per heavy atom. The zero-order chi connectivity index (χ0) is 19.4. The molecule has 0 unspecified atom stereocenters. The molecule has 0 radical (unpaired) electrons. The first-order chi connectivity index (χ1) is 13.5. The molecule has 138 valence electrons. The van der Waals surface area contributed by atoms with E-state index in [0.717, 1.165) is 39.1 Å². The highest BCUT2D eigenvalue weighted by Gasteiger charge is 2.29. The monoisotopic (exact) mass is 368 g/mol. The number of aryl methyl sites for hydroxylation is 1. The lowest BCUT2D eigenvalue weighted by molar-refractivity contribution is 0.0816. The van der Waals surface area contributed by atoms with Crippen LogP contribution in [0.3, 0.4) is 0 Å². The van der Waals surface area contributed by atoms with Gasteiger partial charge in [-0.25, -0.2) is 0 Å². The van der Waals surface area contributed by atoms with E-state index in [0.29, 0.717) is 13.1 Å². The van der Waals surface area contributed by atoms with Gasteiger partial charge in [-0.15, -0.1) is 0 Å². The van der Waals surface area contributed by atoms with Crippen molar-refractivity contribution < 1.29 is 9.59 Å². The van der Waals surface area contributed by atoms with Gasteiger partial charge in [0.05, 0.1) is 6.54 Å². The van der Waals surface area contributed by atoms with Crippen molar-refractivity contribution in [1.82, 2.24) is 4.90 Å². The lowest BCUT2D eigenvalue weighted by Gasteiger charge is -2.15. The maximum atomic E-state index is 12.8. The molecule has 2 aliphatic rings. The normalized spacial score (nSPS) is 15.2. The Morgan fingerprint density at radius 1 is 0.714 bits per heavy atom. The summed E-state index contributed by atoms with van der Waals surface area (Å²) in [4.78, 5) is 28.5. The number of nitrogens with zero attached hydrogens (tertiary/aromatic N) is 2. The lowest BCUT2D eigenvalue weighted by atomic mass is 9.97. The summed E-state index contributed by atoms with van der Waals surface area (Å²) in [5.41, 5.74) is 7.89. The number of rotatable bonds is 2. The van der Waals surface area contributed by atoms with Gasteiger partial charge in [-0.05, 0) is 65.6 Å². The molecule has 0 N–H and O–H groups in total. The van der Waals surface area contributed by atoms with Gasteiger partial charge in [-0.1, -0.05) is 29.8 Å². The molecule has 28 heavy (non-hydrogen) atoms. The fourth-order valence-corrected chi connectivity index (χ4v) is 4.08. The predicted octanol–water partition coefficient (Wildman–Crippen LogP) is 4.41. The third-order valence-electron chi connectivity index (χ3n) is 5.68. The topological polar surface area (TPSA) is 40.6 Å². The van der Waals surface area contributed by atoms with Crippen molar-refractivity contribution in [2.45, 2.75) is 20.0 Å². The minimum atomic E-state index is 0.0478. The van der Waals surface area contributed by atoms with Crippen LogP contribution in [0, 0.1) is 6.92 Å². The van der Waals surface area contributed by atoms with Gasteiger partial charge in [0.15, 0.2) is 0 Å². The Hall–Kier alpha value is -3.40. The van der Waals surface area contributed by atoms with Crippen LogP contribution in [0.25, 0.3) is 11.1 Å². The molecule has 0 fully saturated rings. The number of hydrogen-bond acceptors (Lipinski definition) is 2. The maximum Gasteiger partial charge on any atom is 0.258 e. The maximum absolute atomic E-state index is 12.8. The zero-order valence-electron chi connectivity index (χ0n) is 15.9. The molecule has 2 amide bonds. The molecule has 3 aromatic rings. The van der Waals surface area contributed by atoms with Crippen molar-refractivity contribution in [3.63, 3.8) is 0 Å². The SMILES string of the molecule is Cc1ccc(N2Cc3cc(-c4ccc5c(c4)CN(C)C5=O)ccc3C2=O)cc1. The van der Waals surface area contributed by atoms with Crippen molar-refractivity contribution in [3.8, 4) is 11.1 Å². The van der Waals surface area contributed by atoms with Crippen molar-refractivity contribution >= 4 is 17.5 Å². The first-order valence-corrected chi connectivity index (χ1v) is 9.41. The van der Waals surface area contributed by atoms with E-state index in [9.17, 15) is 9.59 Å². The summed E-state index contributed by atoms with van der Waals surface area (Å²) in [5, 5.41) is 0. The van der Waals surface area contributed by atoms with E-state index in [-0.39, 0.29) is 11.8 Å². The van der Waals surface area contributed by atoms with Gasteiger partial charge in [-0.2, -0.15) is 0 Å². The molecule has 0 aliphatic carbocycles. The molecule has 0 atom stereocenters. The average Bonchev–Trinajstić information content (AvgIpc) is 3.18. The minimum absolute atomic E-state index is 0.0478. The Labute approximate surface area is 164 Å². The standard InChI is InChI=1S/C24H20N2O2/c1-15-3-7-20(8-4-15)26-14-19-12-17(6-10-22(19)24(26)28)16-5-9-21-18(11-16)13-25(2)23(21)27/h3-12H,13-14H2,1-2H3. The van der Waals surface area contributed by atoms with Crippen molar-refractivity contribution in [3.05, 3.63) is 88.5 Å². The smallest absolute Gasteiger partial charge is 0.258 e. The molecule has 0 saturated heterocycles. The third kappa shape index (κ3) is 2.53. The van der Waals surface area contributed by atoms with Crippen LogP contribution >= 0.6 is 0 Å². The van der Waals surface area contributed by atoms with Gasteiger partial charge in [0.1, 0.15) is 0 Å². The van der Waals surface area contributed by atoms with Crippen LogP contribution in [0.2, 0.25) is 0 Å². The second-order valence-electron chi connectivity index (χ2n) is 7.63. The fourth-order valence-electron chi connectivity index (χ4n) is 4.08. The molecule has 5 rings (SSSR count). The summed E-state index contributed by atoms with van der Waals surface area (Å²) >= 11 is 0. The molecule has 4 heteroatoms. The first kappa shape index (κ1) is 16.8. The Morgan fingerprint density at radius 2 is 1.29 bits per heavy atom. The molecular formula is C24H20N2O2. The quantitative estimate of drug-likeness (QED) is 0.672. The number of hydrogen-bond donors (Lipinski definition) is 0. The van der Waals surface area contributed by atoms with Gasteiger partial charge in [0.2, 0.25) is 0 Å². The van der Waals surface area contributed by atoms with E-state index in [1.165, 1.54) is 5.56 Å². The van der Waals surface area contributed by atoms with Gasteiger partial charge in [0, 0.05) is 30.4 Å². The average molecular weight is 368 g/mol. The zero-order valence-corrected chi connectivity index (χ0v) is 15.9. The van der Waals surface area contributed by atoms with E-state index in [1.807, 2.05) is 67.4 Å². The van der Waals surface area contributed by atoms with Crippen molar-refractivity contribution in [1.29, 1.82) is 0 Å². The summed E-state index contributed by atoms with van der Waals surface area (Å²) in [7, 11) is 1.82. The highest BCUT2D eigenvalue weighted by atomic mass is 16.2. The van der Waals surface area contributed by atoms with Crippen LogP contribution in [0.1, 0.15) is 37.4 Å². The molecule has 0 saturated carbocycles. The summed E-state index contributed by atoms with van der Waals surface area (Å²) in [6.45, 7) is 3.27. The van der Waals surface area contributed by atoms with Crippen molar-refractivity contribution in [2.24, 2.45) is 0 Å². The molecule has 0 aromatic heterocycles. The van der Waals surface area contributed by atoms with E-state index in [4.69, 9.17) is 0 Å². The molecule has 3 aromatic carbocycles. The lowest BCUT2D eigenvalue weighted by Crippen LogP contribution is -2.22. The van der Waals surface area contributed by atoms with Gasteiger partial charge in [0.25, 0.3) is 11.8 Å². The van der Waals surface area contributed by atoms with Gasteiger partial charge in [-0.3, -0.25) is 9.59 Å². The molecular weight excluding hydrogens is 348 g/mol. The Kier molecular flexibility index (Phi) is 3.63. The van der Waals surface area contributed by atoms with E-state index in [2.05, 4.69) is 12.1 Å². The van der Waals surface area contributed by atoms with Crippen LogP contribution in [0.5, 0.6) is 0 Å². The highest BCUT2D eigenvalue weighted by Crippen LogP contribution is 2.33. The highest BCUT2D eigenvalue weighted by molar-refractivity contribution is 6.10. The largest absolute Gasteiger partial charge is 0.337 e. The molecule has 4 nitrogen and oxygen atoms in total. The second kappa shape index (κ2) is 6.06. The molecule has 2 heterocycles. The van der Waals surface area contributed by atoms with Crippen LogP contribution in [0.15, 0.2) is 60.7 Å². The summed E-state index contributed by atoms with van der Waals surface area (Å²) < 4.78 is 0. The van der Waals surface area contributed by atoms with Gasteiger partial charge < -0.3 is 9.80 Å². The number of anilines is 1. The number of amides is 2. The van der Waals surface area contributed by atoms with Crippen LogP contribution in [0.4, 0.5) is 5.69 Å². The Bertz CT molecular complexity index is 1130. The third-order valence-corrected chi connectivity index (χ3v) is 5.68. The van der Waals surface area contributed by atoms with Gasteiger partial charge >= 0.3 is 0 Å². The first-order valence-electron chi connectivity index (χ1n) is 9.41. The number of fused-ring (bicyclic) bond motifs is 2. The molecule has 2 aliphatic heterocycles. The minimum Gasteiger partial charge on any atom is -0.337 e. The summed E-state index contributed by atoms with van der Waals surface area (Å²) in [6.07, 6.45) is 0. The second-order valence-corrected chi connectivity index (χ2v) is 7.63. The number of carbonyl (C=O) groups excluding carboxylic acids is 2. The van der Waals surface area contributed by atoms with Crippen LogP contribution in [-0.4, -0.2) is 23.8 Å². The molecule has 0 bridgehead atoms. The van der Waals surface area contributed by atoms with E-state index in [1.54, 1.807) is 4.90 Å². The number of benzene rings is 3. The van der Waals surface area contributed by atoms with Crippen LogP contribution in [-0.2, 0) is 13.1 Å². The van der Waals surface area contributed by atoms with Crippen LogP contribution < -0.4 is 4.90 Å². The summed E-state index contributed by atoms with van der Waals surface area (Å²) in [6, 6.07) is 20.1. The predicted molar refractivity (Wildman–Crippen MR) is 109 cm³/mol. The fraction of sp³-hybridized carbons (Fsp3) is 0.167. The van der Waals surface area contributed by atoms with Crippen molar-refractivity contribution in [2.75, 3.05) is 11.9 Å². The van der Waals surface area contributed by atoms with E-state index >= 15 is 0 Å². The number of carbonyl (C=O) groups is 2. The summed E-state index contributed by atoms with van der Waals surface area (Å²) in [5.74, 6) is 0.126. The molecule has 0 spiro atoms. The Balaban J connectivity index is 1.48.